The molecule has 0 saturated carbocycles. The molecule has 0 spiro atoms. The van der Waals surface area contributed by atoms with Crippen LogP contribution in [0.25, 0.3) is 0 Å². The maximum atomic E-state index is 13.8. The first-order valence-corrected chi connectivity index (χ1v) is 7.73. The molecule has 1 aromatic carbocycles. The van der Waals surface area contributed by atoms with E-state index in [2.05, 4.69) is 5.32 Å². The second kappa shape index (κ2) is 8.51. The predicted molar refractivity (Wildman–Crippen MR) is 84.6 cm³/mol. The van der Waals surface area contributed by atoms with Crippen LogP contribution < -0.4 is 5.32 Å². The molecular formula is C17H25FN2O2. The van der Waals surface area contributed by atoms with E-state index in [9.17, 15) is 14.0 Å². The number of hydrogen-bond donors (Lipinski definition) is 1. The van der Waals surface area contributed by atoms with Crippen molar-refractivity contribution in [2.24, 2.45) is 0 Å². The van der Waals surface area contributed by atoms with Crippen LogP contribution in [0.3, 0.4) is 0 Å². The van der Waals surface area contributed by atoms with Crippen molar-refractivity contribution in [1.29, 1.82) is 0 Å². The normalized spacial score (nSPS) is 13.3. The average molecular weight is 308 g/mol. The molecule has 0 bridgehead atoms. The highest BCUT2D eigenvalue weighted by Gasteiger charge is 2.26. The van der Waals surface area contributed by atoms with Crippen molar-refractivity contribution in [3.63, 3.8) is 0 Å². The van der Waals surface area contributed by atoms with E-state index in [1.807, 2.05) is 13.8 Å². The van der Waals surface area contributed by atoms with E-state index < -0.39 is 6.04 Å². The van der Waals surface area contributed by atoms with Gasteiger partial charge in [-0.3, -0.25) is 9.59 Å². The Morgan fingerprint density at radius 1 is 1.23 bits per heavy atom. The van der Waals surface area contributed by atoms with Gasteiger partial charge in [0, 0.05) is 24.6 Å². The van der Waals surface area contributed by atoms with Gasteiger partial charge in [-0.2, -0.15) is 0 Å². The summed E-state index contributed by atoms with van der Waals surface area (Å²) in [5, 5.41) is 2.86. The molecule has 1 aromatic rings. The SMILES string of the molecule is CCC(=O)N(Cc1ccccc1F)C(C)C(=O)NC(C)CC. The number of rotatable bonds is 7. The van der Waals surface area contributed by atoms with Crippen LogP contribution in [0.15, 0.2) is 24.3 Å². The topological polar surface area (TPSA) is 49.4 Å². The lowest BCUT2D eigenvalue weighted by atomic mass is 10.1. The van der Waals surface area contributed by atoms with Gasteiger partial charge in [0.1, 0.15) is 11.9 Å². The van der Waals surface area contributed by atoms with Crippen LogP contribution in [0.1, 0.15) is 46.1 Å². The molecule has 22 heavy (non-hydrogen) atoms. The van der Waals surface area contributed by atoms with Gasteiger partial charge in [-0.15, -0.1) is 0 Å². The molecule has 0 radical (unpaired) electrons. The van der Waals surface area contributed by atoms with Crippen molar-refractivity contribution < 1.29 is 14.0 Å². The molecule has 122 valence electrons. The van der Waals surface area contributed by atoms with Gasteiger partial charge < -0.3 is 10.2 Å². The summed E-state index contributed by atoms with van der Waals surface area (Å²) < 4.78 is 13.8. The summed E-state index contributed by atoms with van der Waals surface area (Å²) in [5.74, 6) is -0.756. The van der Waals surface area contributed by atoms with Gasteiger partial charge in [0.05, 0.1) is 0 Å². The summed E-state index contributed by atoms with van der Waals surface area (Å²) in [6, 6.07) is 5.71. The Hall–Kier alpha value is -1.91. The third-order valence-electron chi connectivity index (χ3n) is 3.77. The lowest BCUT2D eigenvalue weighted by molar-refractivity contribution is -0.140. The highest BCUT2D eigenvalue weighted by Crippen LogP contribution is 2.14. The van der Waals surface area contributed by atoms with Gasteiger partial charge >= 0.3 is 0 Å². The summed E-state index contributed by atoms with van der Waals surface area (Å²) in [6.45, 7) is 7.38. The molecule has 0 aliphatic carbocycles. The number of nitrogens with zero attached hydrogens (tertiary/aromatic N) is 1. The Morgan fingerprint density at radius 2 is 1.86 bits per heavy atom. The molecule has 2 unspecified atom stereocenters. The van der Waals surface area contributed by atoms with Crippen LogP contribution in [0.2, 0.25) is 0 Å². The molecule has 1 rings (SSSR count). The van der Waals surface area contributed by atoms with E-state index in [1.54, 1.807) is 32.0 Å². The second-order valence-corrected chi connectivity index (χ2v) is 5.46. The summed E-state index contributed by atoms with van der Waals surface area (Å²) in [7, 11) is 0. The summed E-state index contributed by atoms with van der Waals surface area (Å²) in [4.78, 5) is 25.8. The molecule has 2 amide bonds. The molecule has 0 aromatic heterocycles. The van der Waals surface area contributed by atoms with E-state index >= 15 is 0 Å². The van der Waals surface area contributed by atoms with Crippen molar-refractivity contribution in [3.8, 4) is 0 Å². The molecule has 5 heteroatoms. The molecule has 4 nitrogen and oxygen atoms in total. The number of carbonyl (C=O) groups excluding carboxylic acids is 2. The fourth-order valence-corrected chi connectivity index (χ4v) is 2.06. The van der Waals surface area contributed by atoms with E-state index in [0.29, 0.717) is 5.56 Å². The largest absolute Gasteiger partial charge is 0.352 e. The zero-order valence-corrected chi connectivity index (χ0v) is 13.7. The van der Waals surface area contributed by atoms with Crippen molar-refractivity contribution in [2.45, 2.75) is 59.2 Å². The summed E-state index contributed by atoms with van der Waals surface area (Å²) in [6.07, 6.45) is 1.09. The Labute approximate surface area is 131 Å². The number of hydrogen-bond acceptors (Lipinski definition) is 2. The zero-order chi connectivity index (χ0) is 16.7. The molecule has 0 aliphatic heterocycles. The van der Waals surface area contributed by atoms with Crippen LogP contribution in [0.5, 0.6) is 0 Å². The molecule has 1 N–H and O–H groups in total. The first-order valence-electron chi connectivity index (χ1n) is 7.73. The molecule has 0 saturated heterocycles. The minimum atomic E-state index is -0.638. The Kier molecular flexibility index (Phi) is 7.02. The quantitative estimate of drug-likeness (QED) is 0.842. The highest BCUT2D eigenvalue weighted by atomic mass is 19.1. The van der Waals surface area contributed by atoms with Gasteiger partial charge in [-0.25, -0.2) is 4.39 Å². The van der Waals surface area contributed by atoms with Gasteiger partial charge in [0.15, 0.2) is 0 Å². The number of benzene rings is 1. The van der Waals surface area contributed by atoms with Crippen molar-refractivity contribution in [2.75, 3.05) is 0 Å². The smallest absolute Gasteiger partial charge is 0.242 e. The summed E-state index contributed by atoms with van der Waals surface area (Å²) in [5.41, 5.74) is 0.410. The van der Waals surface area contributed by atoms with E-state index in [1.165, 1.54) is 11.0 Å². The monoisotopic (exact) mass is 308 g/mol. The highest BCUT2D eigenvalue weighted by molar-refractivity contribution is 5.87. The zero-order valence-electron chi connectivity index (χ0n) is 13.7. The number of carbonyl (C=O) groups is 2. The predicted octanol–water partition coefficient (Wildman–Crippen LogP) is 2.87. The lowest BCUT2D eigenvalue weighted by Crippen LogP contribution is -2.49. The van der Waals surface area contributed by atoms with Gasteiger partial charge in [-0.1, -0.05) is 32.0 Å². The van der Waals surface area contributed by atoms with Gasteiger partial charge in [0.25, 0.3) is 0 Å². The van der Waals surface area contributed by atoms with Crippen LogP contribution in [0, 0.1) is 5.82 Å². The third-order valence-corrected chi connectivity index (χ3v) is 3.77. The maximum Gasteiger partial charge on any atom is 0.242 e. The molecule has 2 atom stereocenters. The second-order valence-electron chi connectivity index (χ2n) is 5.46. The van der Waals surface area contributed by atoms with Gasteiger partial charge in [-0.05, 0) is 26.3 Å². The Morgan fingerprint density at radius 3 is 2.41 bits per heavy atom. The van der Waals surface area contributed by atoms with Crippen LogP contribution in [0.4, 0.5) is 4.39 Å². The van der Waals surface area contributed by atoms with Crippen LogP contribution in [-0.2, 0) is 16.1 Å². The van der Waals surface area contributed by atoms with Crippen molar-refractivity contribution >= 4 is 11.8 Å². The molecule has 0 aliphatic rings. The van der Waals surface area contributed by atoms with Crippen molar-refractivity contribution in [1.82, 2.24) is 10.2 Å². The molecular weight excluding hydrogens is 283 g/mol. The van der Waals surface area contributed by atoms with E-state index in [-0.39, 0.29) is 36.6 Å². The van der Waals surface area contributed by atoms with Crippen molar-refractivity contribution in [3.05, 3.63) is 35.6 Å². The minimum Gasteiger partial charge on any atom is -0.352 e. The molecule has 0 heterocycles. The Bertz CT molecular complexity index is 519. The van der Waals surface area contributed by atoms with E-state index in [0.717, 1.165) is 6.42 Å². The fraction of sp³-hybridized carbons (Fsp3) is 0.529. The lowest BCUT2D eigenvalue weighted by Gasteiger charge is -2.29. The number of halogens is 1. The fourth-order valence-electron chi connectivity index (χ4n) is 2.06. The standard InChI is InChI=1S/C17H25FN2O2/c1-5-12(3)19-17(22)13(4)20(16(21)6-2)11-14-9-7-8-10-15(14)18/h7-10,12-13H,5-6,11H2,1-4H3,(H,19,22). The molecule has 0 fully saturated rings. The Balaban J connectivity index is 2.91. The first kappa shape index (κ1) is 18.1. The van der Waals surface area contributed by atoms with E-state index in [4.69, 9.17) is 0 Å². The maximum absolute atomic E-state index is 13.8. The average Bonchev–Trinajstić information content (AvgIpc) is 2.52. The van der Waals surface area contributed by atoms with Gasteiger partial charge in [0.2, 0.25) is 11.8 Å². The van der Waals surface area contributed by atoms with Crippen LogP contribution in [-0.4, -0.2) is 28.8 Å². The number of amides is 2. The number of nitrogens with one attached hydrogen (secondary N) is 1. The van der Waals surface area contributed by atoms with Crippen LogP contribution >= 0.6 is 0 Å². The third kappa shape index (κ3) is 4.83. The minimum absolute atomic E-state index is 0.0435. The first-order chi connectivity index (χ1) is 10.4. The summed E-state index contributed by atoms with van der Waals surface area (Å²) >= 11 is 0.